The van der Waals surface area contributed by atoms with Gasteiger partial charge in [-0.1, -0.05) is 0 Å². The fourth-order valence-electron chi connectivity index (χ4n) is 2.47. The number of hydrogen-bond donors (Lipinski definition) is 0. The summed E-state index contributed by atoms with van der Waals surface area (Å²) in [4.78, 5) is 22.5. The molecule has 0 heterocycles. The SMILES string of the molecule is O=C1CCCC(OC2CCCC(=O)C2)C1. The quantitative estimate of drug-likeness (QED) is 0.700. The van der Waals surface area contributed by atoms with Crippen molar-refractivity contribution >= 4 is 11.6 Å². The van der Waals surface area contributed by atoms with Gasteiger partial charge < -0.3 is 4.74 Å². The third kappa shape index (κ3) is 3.13. The summed E-state index contributed by atoms with van der Waals surface area (Å²) >= 11 is 0. The zero-order valence-electron chi connectivity index (χ0n) is 9.04. The van der Waals surface area contributed by atoms with Gasteiger partial charge in [-0.3, -0.25) is 9.59 Å². The molecule has 2 aliphatic carbocycles. The van der Waals surface area contributed by atoms with Crippen LogP contribution in [0, 0.1) is 0 Å². The summed E-state index contributed by atoms with van der Waals surface area (Å²) in [6.07, 6.45) is 6.58. The second-order valence-electron chi connectivity index (χ2n) is 4.65. The first-order valence-electron chi connectivity index (χ1n) is 5.93. The average molecular weight is 210 g/mol. The molecule has 3 heteroatoms. The minimum absolute atomic E-state index is 0.0853. The van der Waals surface area contributed by atoms with E-state index in [1.807, 2.05) is 0 Å². The molecule has 84 valence electrons. The van der Waals surface area contributed by atoms with Gasteiger partial charge in [0.05, 0.1) is 12.2 Å². The molecule has 0 radical (unpaired) electrons. The Hall–Kier alpha value is -0.700. The Labute approximate surface area is 90.2 Å². The van der Waals surface area contributed by atoms with Crippen molar-refractivity contribution in [2.45, 2.75) is 63.6 Å². The first kappa shape index (κ1) is 10.8. The van der Waals surface area contributed by atoms with Crippen LogP contribution in [0.1, 0.15) is 51.4 Å². The molecule has 2 saturated carbocycles. The normalized spacial score (nSPS) is 33.1. The lowest BCUT2D eigenvalue weighted by Crippen LogP contribution is -2.31. The smallest absolute Gasteiger partial charge is 0.135 e. The first-order valence-corrected chi connectivity index (χ1v) is 5.93. The van der Waals surface area contributed by atoms with Gasteiger partial charge in [-0.25, -0.2) is 0 Å². The van der Waals surface area contributed by atoms with Crippen LogP contribution in [-0.4, -0.2) is 23.8 Å². The van der Waals surface area contributed by atoms with Crippen LogP contribution in [0.5, 0.6) is 0 Å². The molecule has 0 aromatic carbocycles. The average Bonchev–Trinajstić information content (AvgIpc) is 2.17. The Bertz CT molecular complexity index is 234. The third-order valence-corrected chi connectivity index (χ3v) is 3.26. The van der Waals surface area contributed by atoms with E-state index in [4.69, 9.17) is 4.74 Å². The van der Waals surface area contributed by atoms with Gasteiger partial charge in [0.1, 0.15) is 11.6 Å². The van der Waals surface area contributed by atoms with E-state index in [2.05, 4.69) is 0 Å². The van der Waals surface area contributed by atoms with Crippen molar-refractivity contribution in [3.05, 3.63) is 0 Å². The summed E-state index contributed by atoms with van der Waals surface area (Å²) in [7, 11) is 0. The van der Waals surface area contributed by atoms with Crippen LogP contribution in [0.4, 0.5) is 0 Å². The minimum atomic E-state index is 0.0853. The molecule has 3 nitrogen and oxygen atoms in total. The molecular weight excluding hydrogens is 192 g/mol. The molecule has 2 rings (SSSR count). The number of carbonyl (C=O) groups excluding carboxylic acids is 2. The highest BCUT2D eigenvalue weighted by Crippen LogP contribution is 2.24. The molecule has 0 amide bonds. The van der Waals surface area contributed by atoms with E-state index in [1.165, 1.54) is 0 Å². The molecule has 15 heavy (non-hydrogen) atoms. The molecule has 0 aromatic rings. The Morgan fingerprint density at radius 1 is 0.867 bits per heavy atom. The van der Waals surface area contributed by atoms with Crippen LogP contribution in [0.15, 0.2) is 0 Å². The summed E-state index contributed by atoms with van der Waals surface area (Å²) < 4.78 is 5.83. The number of carbonyl (C=O) groups is 2. The molecule has 0 aromatic heterocycles. The maximum Gasteiger partial charge on any atom is 0.135 e. The number of hydrogen-bond acceptors (Lipinski definition) is 3. The van der Waals surface area contributed by atoms with Crippen molar-refractivity contribution in [3.63, 3.8) is 0 Å². The first-order chi connectivity index (χ1) is 7.24. The van der Waals surface area contributed by atoms with Gasteiger partial charge in [0, 0.05) is 25.7 Å². The molecule has 0 aliphatic heterocycles. The maximum atomic E-state index is 11.2. The highest BCUT2D eigenvalue weighted by atomic mass is 16.5. The predicted octanol–water partition coefficient (Wildman–Crippen LogP) is 2.03. The minimum Gasteiger partial charge on any atom is -0.374 e. The van der Waals surface area contributed by atoms with Crippen molar-refractivity contribution in [2.75, 3.05) is 0 Å². The molecule has 0 spiro atoms. The highest BCUT2D eigenvalue weighted by Gasteiger charge is 2.26. The van der Waals surface area contributed by atoms with Gasteiger partial charge in [-0.2, -0.15) is 0 Å². The lowest BCUT2D eigenvalue weighted by atomic mass is 9.93. The number of Topliss-reactive ketones (excluding diaryl/α,β-unsaturated/α-hetero) is 2. The summed E-state index contributed by atoms with van der Waals surface area (Å²) in [5.41, 5.74) is 0. The van der Waals surface area contributed by atoms with E-state index in [9.17, 15) is 9.59 Å². The largest absolute Gasteiger partial charge is 0.374 e. The third-order valence-electron chi connectivity index (χ3n) is 3.26. The zero-order chi connectivity index (χ0) is 10.7. The standard InChI is InChI=1S/C12H18O3/c13-9-3-1-5-11(7-9)15-12-6-2-4-10(14)8-12/h11-12H,1-8H2. The van der Waals surface area contributed by atoms with E-state index < -0.39 is 0 Å². The van der Waals surface area contributed by atoms with E-state index >= 15 is 0 Å². The van der Waals surface area contributed by atoms with Gasteiger partial charge in [0.2, 0.25) is 0 Å². The van der Waals surface area contributed by atoms with E-state index in [0.29, 0.717) is 37.2 Å². The zero-order valence-corrected chi connectivity index (χ0v) is 9.04. The van der Waals surface area contributed by atoms with Crippen LogP contribution < -0.4 is 0 Å². The van der Waals surface area contributed by atoms with E-state index in [1.54, 1.807) is 0 Å². The van der Waals surface area contributed by atoms with Crippen LogP contribution in [0.25, 0.3) is 0 Å². The fraction of sp³-hybridized carbons (Fsp3) is 0.833. The van der Waals surface area contributed by atoms with Gasteiger partial charge in [0.15, 0.2) is 0 Å². The molecule has 2 atom stereocenters. The van der Waals surface area contributed by atoms with Crippen LogP contribution in [0.3, 0.4) is 0 Å². The second kappa shape index (κ2) is 4.88. The maximum absolute atomic E-state index is 11.2. The summed E-state index contributed by atoms with van der Waals surface area (Å²) in [6.45, 7) is 0. The topological polar surface area (TPSA) is 43.4 Å². The van der Waals surface area contributed by atoms with Crippen LogP contribution >= 0.6 is 0 Å². The molecule has 2 aliphatic rings. The fourth-order valence-corrected chi connectivity index (χ4v) is 2.47. The molecule has 0 saturated heterocycles. The van der Waals surface area contributed by atoms with Crippen molar-refractivity contribution in [1.82, 2.24) is 0 Å². The van der Waals surface area contributed by atoms with Gasteiger partial charge in [0.25, 0.3) is 0 Å². The second-order valence-corrected chi connectivity index (χ2v) is 4.65. The Morgan fingerprint density at radius 2 is 1.33 bits per heavy atom. The molecule has 2 unspecified atom stereocenters. The van der Waals surface area contributed by atoms with Crippen molar-refractivity contribution < 1.29 is 14.3 Å². The van der Waals surface area contributed by atoms with E-state index in [-0.39, 0.29) is 12.2 Å². The monoisotopic (exact) mass is 210 g/mol. The number of ketones is 2. The molecule has 0 bridgehead atoms. The Balaban J connectivity index is 1.80. The summed E-state index contributed by atoms with van der Waals surface area (Å²) in [5.74, 6) is 0.627. The van der Waals surface area contributed by atoms with Gasteiger partial charge >= 0.3 is 0 Å². The Kier molecular flexibility index (Phi) is 3.52. The summed E-state index contributed by atoms with van der Waals surface area (Å²) in [6, 6.07) is 0. The summed E-state index contributed by atoms with van der Waals surface area (Å²) in [5, 5.41) is 0. The molecule has 2 fully saturated rings. The van der Waals surface area contributed by atoms with Crippen LogP contribution in [0.2, 0.25) is 0 Å². The number of ether oxygens (including phenoxy) is 1. The van der Waals surface area contributed by atoms with Crippen molar-refractivity contribution in [2.24, 2.45) is 0 Å². The van der Waals surface area contributed by atoms with Gasteiger partial charge in [-0.15, -0.1) is 0 Å². The number of rotatable bonds is 2. The predicted molar refractivity (Wildman–Crippen MR) is 55.6 cm³/mol. The van der Waals surface area contributed by atoms with E-state index in [0.717, 1.165) is 25.7 Å². The molecule has 0 N–H and O–H groups in total. The molecular formula is C12H18O3. The lowest BCUT2D eigenvalue weighted by molar-refractivity contribution is -0.131. The van der Waals surface area contributed by atoms with Crippen molar-refractivity contribution in [3.8, 4) is 0 Å². The van der Waals surface area contributed by atoms with Crippen molar-refractivity contribution in [1.29, 1.82) is 0 Å². The van der Waals surface area contributed by atoms with Crippen LogP contribution in [-0.2, 0) is 14.3 Å². The lowest BCUT2D eigenvalue weighted by Gasteiger charge is -2.28. The Morgan fingerprint density at radius 3 is 1.73 bits per heavy atom. The van der Waals surface area contributed by atoms with Gasteiger partial charge in [-0.05, 0) is 25.7 Å². The highest BCUT2D eigenvalue weighted by molar-refractivity contribution is 5.80.